The van der Waals surface area contributed by atoms with Crippen LogP contribution < -0.4 is 10.3 Å². The molecule has 0 saturated carbocycles. The second-order valence-electron chi connectivity index (χ2n) is 8.09. The van der Waals surface area contributed by atoms with E-state index in [0.717, 1.165) is 37.3 Å². The van der Waals surface area contributed by atoms with Gasteiger partial charge in [-0.3, -0.25) is 4.79 Å². The Balaban J connectivity index is 1.75. The van der Waals surface area contributed by atoms with Crippen molar-refractivity contribution in [1.82, 2.24) is 0 Å². The Bertz CT molecular complexity index is 1100. The van der Waals surface area contributed by atoms with Crippen molar-refractivity contribution in [3.8, 4) is 17.1 Å². The minimum Gasteiger partial charge on any atom is -0.505 e. The van der Waals surface area contributed by atoms with Crippen molar-refractivity contribution in [1.29, 1.82) is 0 Å². The van der Waals surface area contributed by atoms with Gasteiger partial charge >= 0.3 is 0 Å². The van der Waals surface area contributed by atoms with E-state index in [1.807, 2.05) is 12.1 Å². The van der Waals surface area contributed by atoms with Crippen LogP contribution in [-0.2, 0) is 0 Å². The van der Waals surface area contributed by atoms with Crippen LogP contribution in [0.5, 0.6) is 5.75 Å². The number of nitrogens with zero attached hydrogens (tertiary/aromatic N) is 1. The third kappa shape index (κ3) is 3.13. The molecule has 28 heavy (non-hydrogen) atoms. The van der Waals surface area contributed by atoms with Gasteiger partial charge in [-0.05, 0) is 54.7 Å². The first-order chi connectivity index (χ1) is 13.3. The maximum absolute atomic E-state index is 14.6. The molecule has 0 radical (unpaired) electrons. The summed E-state index contributed by atoms with van der Waals surface area (Å²) in [6, 6.07) is 9.16. The molecule has 1 aliphatic rings. The van der Waals surface area contributed by atoms with Crippen LogP contribution in [-0.4, -0.2) is 18.2 Å². The third-order valence-corrected chi connectivity index (χ3v) is 5.32. The SMILES string of the molecule is CC1(C)CCCN(c2ccc(-c3oc4c(F)c(O)ccc4c(=O)c3F)cc2)C1. The average molecular weight is 385 g/mol. The highest BCUT2D eigenvalue weighted by molar-refractivity contribution is 5.81. The van der Waals surface area contributed by atoms with Crippen LogP contribution in [0.3, 0.4) is 0 Å². The highest BCUT2D eigenvalue weighted by atomic mass is 19.1. The molecular weight excluding hydrogens is 364 g/mol. The second-order valence-corrected chi connectivity index (χ2v) is 8.09. The standard InChI is InChI=1S/C22H21F2NO3/c1-22(2)10-3-11-25(12-22)14-6-4-13(5-7-14)20-18(24)19(27)15-8-9-16(26)17(23)21(15)28-20/h4-9,26H,3,10-12H2,1-2H3. The third-order valence-electron chi connectivity index (χ3n) is 5.32. The van der Waals surface area contributed by atoms with Gasteiger partial charge in [0.2, 0.25) is 17.1 Å². The number of benzene rings is 2. The van der Waals surface area contributed by atoms with Crippen LogP contribution in [0.25, 0.3) is 22.3 Å². The van der Waals surface area contributed by atoms with Gasteiger partial charge in [-0.25, -0.2) is 0 Å². The number of aromatic hydroxyl groups is 1. The summed E-state index contributed by atoms with van der Waals surface area (Å²) in [5, 5.41) is 9.28. The number of anilines is 1. The Kier molecular flexibility index (Phi) is 4.37. The quantitative estimate of drug-likeness (QED) is 0.669. The molecule has 3 aromatic rings. The van der Waals surface area contributed by atoms with Crippen molar-refractivity contribution in [3.05, 3.63) is 58.3 Å². The van der Waals surface area contributed by atoms with Gasteiger partial charge in [0.1, 0.15) is 0 Å². The summed E-state index contributed by atoms with van der Waals surface area (Å²) < 4.78 is 34.1. The molecule has 6 heteroatoms. The van der Waals surface area contributed by atoms with Crippen LogP contribution in [0.15, 0.2) is 45.6 Å². The number of hydrogen-bond donors (Lipinski definition) is 1. The smallest absolute Gasteiger partial charge is 0.229 e. The van der Waals surface area contributed by atoms with Crippen molar-refractivity contribution in [2.24, 2.45) is 5.41 Å². The molecular formula is C22H21F2NO3. The lowest BCUT2D eigenvalue weighted by Crippen LogP contribution is -2.40. The molecule has 1 fully saturated rings. The van der Waals surface area contributed by atoms with E-state index < -0.39 is 28.4 Å². The van der Waals surface area contributed by atoms with Gasteiger partial charge in [0, 0.05) is 24.3 Å². The van der Waals surface area contributed by atoms with Crippen molar-refractivity contribution in [2.45, 2.75) is 26.7 Å². The topological polar surface area (TPSA) is 53.7 Å². The Morgan fingerprint density at radius 2 is 1.79 bits per heavy atom. The number of rotatable bonds is 2. The van der Waals surface area contributed by atoms with Gasteiger partial charge in [0.15, 0.2) is 17.1 Å². The molecule has 0 aliphatic carbocycles. The summed E-state index contributed by atoms with van der Waals surface area (Å²) in [7, 11) is 0. The molecule has 2 heterocycles. The van der Waals surface area contributed by atoms with Gasteiger partial charge in [0.05, 0.1) is 5.39 Å². The lowest BCUT2D eigenvalue weighted by molar-refractivity contribution is 0.293. The van der Waals surface area contributed by atoms with E-state index in [2.05, 4.69) is 18.7 Å². The zero-order valence-corrected chi connectivity index (χ0v) is 15.8. The summed E-state index contributed by atoms with van der Waals surface area (Å²) in [5.41, 5.74) is 0.150. The Morgan fingerprint density at radius 3 is 2.46 bits per heavy atom. The highest BCUT2D eigenvalue weighted by Gasteiger charge is 2.26. The minimum absolute atomic E-state index is 0.230. The molecule has 0 unspecified atom stereocenters. The monoisotopic (exact) mass is 385 g/mol. The number of halogens is 2. The summed E-state index contributed by atoms with van der Waals surface area (Å²) in [6.45, 7) is 6.34. The molecule has 4 rings (SSSR count). The molecule has 146 valence electrons. The first-order valence-corrected chi connectivity index (χ1v) is 9.26. The molecule has 1 aliphatic heterocycles. The molecule has 0 atom stereocenters. The fourth-order valence-corrected chi connectivity index (χ4v) is 3.85. The summed E-state index contributed by atoms with van der Waals surface area (Å²) in [5.74, 6) is -3.16. The van der Waals surface area contributed by atoms with E-state index >= 15 is 0 Å². The van der Waals surface area contributed by atoms with Crippen molar-refractivity contribution >= 4 is 16.7 Å². The van der Waals surface area contributed by atoms with Crippen LogP contribution in [0.1, 0.15) is 26.7 Å². The zero-order chi connectivity index (χ0) is 20.1. The maximum Gasteiger partial charge on any atom is 0.229 e. The molecule has 1 N–H and O–H groups in total. The molecule has 2 aromatic carbocycles. The molecule has 0 amide bonds. The first kappa shape index (κ1) is 18.5. The van der Waals surface area contributed by atoms with E-state index in [4.69, 9.17) is 4.42 Å². The van der Waals surface area contributed by atoms with E-state index in [9.17, 15) is 18.7 Å². The predicted octanol–water partition coefficient (Wildman–Crippen LogP) is 5.07. The van der Waals surface area contributed by atoms with Gasteiger partial charge in [-0.2, -0.15) is 8.78 Å². The first-order valence-electron chi connectivity index (χ1n) is 9.26. The van der Waals surface area contributed by atoms with Crippen molar-refractivity contribution in [3.63, 3.8) is 0 Å². The zero-order valence-electron chi connectivity index (χ0n) is 15.8. The van der Waals surface area contributed by atoms with Crippen molar-refractivity contribution < 1.29 is 18.3 Å². The van der Waals surface area contributed by atoms with E-state index in [0.29, 0.717) is 5.56 Å². The highest BCUT2D eigenvalue weighted by Crippen LogP contribution is 2.34. The molecule has 4 nitrogen and oxygen atoms in total. The maximum atomic E-state index is 14.6. The second kappa shape index (κ2) is 6.62. The van der Waals surface area contributed by atoms with E-state index in [1.54, 1.807) is 12.1 Å². The summed E-state index contributed by atoms with van der Waals surface area (Å²) in [6.07, 6.45) is 2.28. The summed E-state index contributed by atoms with van der Waals surface area (Å²) >= 11 is 0. The number of piperidine rings is 1. The van der Waals surface area contributed by atoms with E-state index in [-0.39, 0.29) is 16.6 Å². The van der Waals surface area contributed by atoms with Gasteiger partial charge in [-0.1, -0.05) is 13.8 Å². The molecule has 1 aromatic heterocycles. The van der Waals surface area contributed by atoms with Gasteiger partial charge in [0.25, 0.3) is 0 Å². The van der Waals surface area contributed by atoms with Crippen LogP contribution >= 0.6 is 0 Å². The molecule has 0 spiro atoms. The number of phenols is 1. The normalized spacial score (nSPS) is 16.5. The van der Waals surface area contributed by atoms with Crippen LogP contribution in [0.2, 0.25) is 0 Å². The van der Waals surface area contributed by atoms with Crippen LogP contribution in [0, 0.1) is 17.0 Å². The van der Waals surface area contributed by atoms with E-state index in [1.165, 1.54) is 6.42 Å². The number of fused-ring (bicyclic) bond motifs is 1. The lowest BCUT2D eigenvalue weighted by Gasteiger charge is -2.39. The predicted molar refractivity (Wildman–Crippen MR) is 105 cm³/mol. The number of hydrogen-bond acceptors (Lipinski definition) is 4. The molecule has 0 bridgehead atoms. The van der Waals surface area contributed by atoms with Crippen LogP contribution in [0.4, 0.5) is 14.5 Å². The van der Waals surface area contributed by atoms with Gasteiger partial charge in [-0.15, -0.1) is 0 Å². The summed E-state index contributed by atoms with van der Waals surface area (Å²) in [4.78, 5) is 14.6. The Hall–Kier alpha value is -2.89. The largest absolute Gasteiger partial charge is 0.505 e. The molecule has 1 saturated heterocycles. The fraction of sp³-hybridized carbons (Fsp3) is 0.318. The number of phenolic OH excluding ortho intramolecular Hbond substituents is 1. The van der Waals surface area contributed by atoms with Crippen molar-refractivity contribution in [2.75, 3.05) is 18.0 Å². The lowest BCUT2D eigenvalue weighted by atomic mass is 9.84. The van der Waals surface area contributed by atoms with Gasteiger partial charge < -0.3 is 14.4 Å². The fourth-order valence-electron chi connectivity index (χ4n) is 3.85. The Labute approximate surface area is 161 Å². The Morgan fingerprint density at radius 1 is 1.07 bits per heavy atom. The average Bonchev–Trinajstić information content (AvgIpc) is 2.67. The minimum atomic E-state index is -1.08.